The maximum Gasteiger partial charge on any atom is 0.325 e. The van der Waals surface area contributed by atoms with Gasteiger partial charge < -0.3 is 14.6 Å². The van der Waals surface area contributed by atoms with Crippen LogP contribution in [0.2, 0.25) is 0 Å². The molecule has 0 radical (unpaired) electrons. The van der Waals surface area contributed by atoms with Crippen LogP contribution in [-0.4, -0.2) is 56.5 Å². The van der Waals surface area contributed by atoms with Crippen molar-refractivity contribution in [3.8, 4) is 5.88 Å². The van der Waals surface area contributed by atoms with Gasteiger partial charge >= 0.3 is 11.9 Å². The largest absolute Gasteiger partial charge is 0.481 e. The zero-order valence-electron chi connectivity index (χ0n) is 11.3. The Balaban J connectivity index is 2.50. The molecule has 0 aromatic carbocycles. The van der Waals surface area contributed by atoms with Gasteiger partial charge in [-0.25, -0.2) is 9.97 Å². The molecule has 0 aliphatic heterocycles. The van der Waals surface area contributed by atoms with Gasteiger partial charge in [0.2, 0.25) is 5.88 Å². The third-order valence-corrected chi connectivity index (χ3v) is 3.46. The number of nitrogens with zero attached hydrogens (tertiary/aromatic N) is 4. The standard InChI is InChI=1S/C11H12N4O5S/c1-19-7(18)3-15-9-8(10(20-2)13-5-12-9)14-11(15)21-4-6(16)17/h5H,3-4H2,1-2H3,(H,16,17). The first kappa shape index (κ1) is 15.0. The van der Waals surface area contributed by atoms with Crippen molar-refractivity contribution < 1.29 is 24.2 Å². The summed E-state index contributed by atoms with van der Waals surface area (Å²) < 4.78 is 11.2. The van der Waals surface area contributed by atoms with E-state index in [1.54, 1.807) is 0 Å². The number of aromatic nitrogens is 4. The molecule has 0 saturated heterocycles. The number of imidazole rings is 1. The number of hydrogen-bond acceptors (Lipinski definition) is 8. The highest BCUT2D eigenvalue weighted by atomic mass is 32.2. The highest BCUT2D eigenvalue weighted by Crippen LogP contribution is 2.27. The number of ether oxygens (including phenoxy) is 2. The number of rotatable bonds is 6. The smallest absolute Gasteiger partial charge is 0.325 e. The van der Waals surface area contributed by atoms with Crippen molar-refractivity contribution in [2.75, 3.05) is 20.0 Å². The zero-order valence-corrected chi connectivity index (χ0v) is 12.1. The maximum atomic E-state index is 11.5. The number of aliphatic carboxylic acids is 1. The van der Waals surface area contributed by atoms with Crippen molar-refractivity contribution in [2.24, 2.45) is 0 Å². The van der Waals surface area contributed by atoms with Crippen molar-refractivity contribution in [3.63, 3.8) is 0 Å². The molecule has 0 aliphatic carbocycles. The lowest BCUT2D eigenvalue weighted by Gasteiger charge is -2.05. The Hall–Kier alpha value is -2.36. The highest BCUT2D eigenvalue weighted by molar-refractivity contribution is 7.99. The molecule has 2 aromatic heterocycles. The SMILES string of the molecule is COC(=O)Cn1c(SCC(=O)O)nc2c(OC)ncnc21. The van der Waals surface area contributed by atoms with Crippen LogP contribution in [0.25, 0.3) is 11.2 Å². The van der Waals surface area contributed by atoms with Crippen LogP contribution in [-0.2, 0) is 20.9 Å². The molecule has 0 spiro atoms. The van der Waals surface area contributed by atoms with Gasteiger partial charge in [0, 0.05) is 0 Å². The van der Waals surface area contributed by atoms with E-state index in [0.717, 1.165) is 11.8 Å². The molecule has 2 aromatic rings. The average Bonchev–Trinajstić information content (AvgIpc) is 2.82. The van der Waals surface area contributed by atoms with Crippen LogP contribution in [0.4, 0.5) is 0 Å². The summed E-state index contributed by atoms with van der Waals surface area (Å²) in [7, 11) is 2.70. The molecule has 21 heavy (non-hydrogen) atoms. The second kappa shape index (κ2) is 6.39. The van der Waals surface area contributed by atoms with Gasteiger partial charge in [-0.15, -0.1) is 0 Å². The molecule has 9 nitrogen and oxygen atoms in total. The van der Waals surface area contributed by atoms with Crippen LogP contribution in [0.1, 0.15) is 0 Å². The number of thioether (sulfide) groups is 1. The molecule has 2 heterocycles. The molecular weight excluding hydrogens is 300 g/mol. The summed E-state index contributed by atoms with van der Waals surface area (Å²) in [6, 6.07) is 0. The summed E-state index contributed by atoms with van der Waals surface area (Å²) in [5.74, 6) is -1.43. The normalized spacial score (nSPS) is 10.6. The number of esters is 1. The number of methoxy groups -OCH3 is 2. The van der Waals surface area contributed by atoms with Crippen LogP contribution < -0.4 is 4.74 Å². The first-order valence-corrected chi connectivity index (χ1v) is 6.72. The topological polar surface area (TPSA) is 116 Å². The number of carbonyl (C=O) groups excluding carboxylic acids is 1. The quantitative estimate of drug-likeness (QED) is 0.589. The number of carbonyl (C=O) groups is 2. The van der Waals surface area contributed by atoms with Gasteiger partial charge in [0.05, 0.1) is 20.0 Å². The van der Waals surface area contributed by atoms with Crippen LogP contribution in [0.5, 0.6) is 5.88 Å². The van der Waals surface area contributed by atoms with Crippen molar-refractivity contribution in [3.05, 3.63) is 6.33 Å². The van der Waals surface area contributed by atoms with Crippen LogP contribution in [0.15, 0.2) is 11.5 Å². The van der Waals surface area contributed by atoms with Gasteiger partial charge in [-0.05, 0) is 0 Å². The van der Waals surface area contributed by atoms with Gasteiger partial charge in [-0.3, -0.25) is 14.2 Å². The Morgan fingerprint density at radius 3 is 2.76 bits per heavy atom. The predicted molar refractivity (Wildman–Crippen MR) is 72.3 cm³/mol. The van der Waals surface area contributed by atoms with Crippen LogP contribution >= 0.6 is 11.8 Å². The fourth-order valence-corrected chi connectivity index (χ4v) is 2.33. The second-order valence-electron chi connectivity index (χ2n) is 3.79. The Bertz CT molecular complexity index is 687. The van der Waals surface area contributed by atoms with E-state index in [-0.39, 0.29) is 18.2 Å². The van der Waals surface area contributed by atoms with Gasteiger partial charge in [-0.1, -0.05) is 11.8 Å². The van der Waals surface area contributed by atoms with E-state index < -0.39 is 11.9 Å². The van der Waals surface area contributed by atoms with Gasteiger partial charge in [0.15, 0.2) is 16.3 Å². The first-order valence-electron chi connectivity index (χ1n) is 5.73. The van der Waals surface area contributed by atoms with Gasteiger partial charge in [-0.2, -0.15) is 4.98 Å². The van der Waals surface area contributed by atoms with Crippen molar-refractivity contribution in [1.82, 2.24) is 19.5 Å². The molecule has 0 saturated carbocycles. The van der Waals surface area contributed by atoms with Crippen LogP contribution in [0.3, 0.4) is 0 Å². The third kappa shape index (κ3) is 3.21. The average molecular weight is 312 g/mol. The molecule has 0 bridgehead atoms. The summed E-state index contributed by atoms with van der Waals surface area (Å²) in [5.41, 5.74) is 0.733. The Morgan fingerprint density at radius 1 is 1.38 bits per heavy atom. The summed E-state index contributed by atoms with van der Waals surface area (Å²) in [4.78, 5) is 34.4. The number of carboxylic acids is 1. The summed E-state index contributed by atoms with van der Waals surface area (Å²) >= 11 is 0.974. The Morgan fingerprint density at radius 2 is 2.14 bits per heavy atom. The minimum Gasteiger partial charge on any atom is -0.481 e. The fraction of sp³-hybridized carbons (Fsp3) is 0.364. The molecule has 1 N–H and O–H groups in total. The molecule has 2 rings (SSSR count). The number of carboxylic acid groups (broad SMARTS) is 1. The molecule has 0 amide bonds. The van der Waals surface area contributed by atoms with E-state index in [2.05, 4.69) is 19.7 Å². The van der Waals surface area contributed by atoms with E-state index in [9.17, 15) is 9.59 Å². The minimum absolute atomic E-state index is 0.130. The molecule has 0 unspecified atom stereocenters. The Kier molecular flexibility index (Phi) is 4.58. The highest BCUT2D eigenvalue weighted by Gasteiger charge is 2.19. The van der Waals surface area contributed by atoms with Crippen molar-refractivity contribution >= 4 is 34.9 Å². The minimum atomic E-state index is -0.991. The number of fused-ring (bicyclic) bond motifs is 1. The van der Waals surface area contributed by atoms with E-state index in [0.29, 0.717) is 16.3 Å². The van der Waals surface area contributed by atoms with E-state index in [4.69, 9.17) is 9.84 Å². The van der Waals surface area contributed by atoms with E-state index in [1.807, 2.05) is 0 Å². The Labute approximate surface area is 123 Å². The monoisotopic (exact) mass is 312 g/mol. The molecule has 0 fully saturated rings. The molecule has 10 heteroatoms. The maximum absolute atomic E-state index is 11.5. The molecule has 112 valence electrons. The number of hydrogen-bond donors (Lipinski definition) is 1. The molecule has 0 aliphatic rings. The molecule has 0 atom stereocenters. The third-order valence-electron chi connectivity index (χ3n) is 2.50. The van der Waals surface area contributed by atoms with Crippen LogP contribution in [0, 0.1) is 0 Å². The predicted octanol–water partition coefficient (Wildman–Crippen LogP) is 0.185. The van der Waals surface area contributed by atoms with E-state index in [1.165, 1.54) is 25.1 Å². The second-order valence-corrected chi connectivity index (χ2v) is 4.74. The lowest BCUT2D eigenvalue weighted by molar-refractivity contribution is -0.141. The van der Waals surface area contributed by atoms with E-state index >= 15 is 0 Å². The van der Waals surface area contributed by atoms with Crippen molar-refractivity contribution in [1.29, 1.82) is 0 Å². The lowest BCUT2D eigenvalue weighted by atomic mass is 10.5. The summed E-state index contributed by atoms with van der Waals surface area (Å²) in [6.07, 6.45) is 1.28. The lowest BCUT2D eigenvalue weighted by Crippen LogP contribution is -2.13. The molecular formula is C11H12N4O5S. The summed E-state index contributed by atoms with van der Waals surface area (Å²) in [6.45, 7) is -0.130. The van der Waals surface area contributed by atoms with Gasteiger partial charge in [0.1, 0.15) is 12.9 Å². The van der Waals surface area contributed by atoms with Gasteiger partial charge in [0.25, 0.3) is 0 Å². The summed E-state index contributed by atoms with van der Waals surface area (Å²) in [5, 5.41) is 9.10. The fourth-order valence-electron chi connectivity index (χ4n) is 1.62. The van der Waals surface area contributed by atoms with Crippen molar-refractivity contribution in [2.45, 2.75) is 11.7 Å². The first-order chi connectivity index (χ1) is 10.1. The zero-order chi connectivity index (χ0) is 15.4.